The molecule has 0 bridgehead atoms. The molecule has 2 unspecified atom stereocenters. The van der Waals surface area contributed by atoms with Crippen LogP contribution < -0.4 is 4.72 Å². The zero-order valence-electron chi connectivity index (χ0n) is 10.1. The molecule has 2 rings (SSSR count). The van der Waals surface area contributed by atoms with Gasteiger partial charge in [0.25, 0.3) is 0 Å². The first-order chi connectivity index (χ1) is 8.88. The lowest BCUT2D eigenvalue weighted by Gasteiger charge is -2.10. The van der Waals surface area contributed by atoms with Crippen molar-refractivity contribution in [2.75, 3.05) is 6.54 Å². The van der Waals surface area contributed by atoms with Gasteiger partial charge in [0, 0.05) is 11.9 Å². The van der Waals surface area contributed by atoms with Crippen LogP contribution in [-0.2, 0) is 10.0 Å². The Balaban J connectivity index is 1.99. The van der Waals surface area contributed by atoms with Crippen molar-refractivity contribution < 1.29 is 23.4 Å². The lowest BCUT2D eigenvalue weighted by Crippen LogP contribution is -2.28. The first-order valence-electron chi connectivity index (χ1n) is 5.88. The third kappa shape index (κ3) is 3.53. The Morgan fingerprint density at radius 3 is 2.74 bits per heavy atom. The number of aliphatic hydroxyl groups is 1. The number of carbonyl (C=O) groups is 1. The maximum atomic E-state index is 11.9. The van der Waals surface area contributed by atoms with Crippen molar-refractivity contribution >= 4 is 27.3 Å². The molecule has 0 amide bonds. The summed E-state index contributed by atoms with van der Waals surface area (Å²) < 4.78 is 26.4. The number of hydrogen-bond acceptors (Lipinski definition) is 5. The van der Waals surface area contributed by atoms with Gasteiger partial charge in [-0.25, -0.2) is 17.9 Å². The zero-order valence-corrected chi connectivity index (χ0v) is 11.7. The van der Waals surface area contributed by atoms with E-state index in [1.165, 1.54) is 5.38 Å². The van der Waals surface area contributed by atoms with Crippen molar-refractivity contribution in [3.05, 3.63) is 16.3 Å². The van der Waals surface area contributed by atoms with Crippen molar-refractivity contribution in [1.82, 2.24) is 4.72 Å². The van der Waals surface area contributed by atoms with E-state index in [0.29, 0.717) is 12.8 Å². The van der Waals surface area contributed by atoms with Crippen LogP contribution in [0.4, 0.5) is 0 Å². The van der Waals surface area contributed by atoms with Crippen molar-refractivity contribution in [3.8, 4) is 0 Å². The minimum atomic E-state index is -3.66. The zero-order chi connectivity index (χ0) is 14.0. The van der Waals surface area contributed by atoms with E-state index in [1.807, 2.05) is 0 Å². The van der Waals surface area contributed by atoms with Crippen LogP contribution in [0.2, 0.25) is 0 Å². The Kier molecular flexibility index (Phi) is 4.24. The first-order valence-corrected chi connectivity index (χ1v) is 8.24. The van der Waals surface area contributed by atoms with Gasteiger partial charge in [-0.1, -0.05) is 0 Å². The highest BCUT2D eigenvalue weighted by atomic mass is 32.2. The average Bonchev–Trinajstić information content (AvgIpc) is 2.95. The Bertz CT molecular complexity index is 565. The van der Waals surface area contributed by atoms with Crippen LogP contribution in [0.15, 0.2) is 16.3 Å². The maximum absolute atomic E-state index is 11.9. The molecule has 1 aromatic rings. The fourth-order valence-electron chi connectivity index (χ4n) is 2.12. The molecule has 0 radical (unpaired) electrons. The number of aromatic carboxylic acids is 1. The molecule has 0 spiro atoms. The number of rotatable bonds is 5. The molecular formula is C11H15NO5S2. The number of carboxylic acids is 1. The Hall–Kier alpha value is -0.960. The minimum Gasteiger partial charge on any atom is -0.477 e. The molecule has 1 aromatic heterocycles. The lowest BCUT2D eigenvalue weighted by atomic mass is 10.1. The number of sulfonamides is 1. The molecule has 1 aliphatic rings. The molecule has 2 atom stereocenters. The Morgan fingerprint density at radius 2 is 2.21 bits per heavy atom. The van der Waals surface area contributed by atoms with Gasteiger partial charge in [-0.05, 0) is 31.2 Å². The summed E-state index contributed by atoms with van der Waals surface area (Å²) in [5.74, 6) is -0.993. The summed E-state index contributed by atoms with van der Waals surface area (Å²) in [6.07, 6.45) is 1.77. The van der Waals surface area contributed by atoms with E-state index in [4.69, 9.17) is 5.11 Å². The van der Waals surface area contributed by atoms with Gasteiger partial charge in [-0.2, -0.15) is 0 Å². The smallest absolute Gasteiger partial charge is 0.345 e. The predicted octanol–water partition coefficient (Wildman–Crippen LogP) is 0.886. The molecular weight excluding hydrogens is 290 g/mol. The highest BCUT2D eigenvalue weighted by molar-refractivity contribution is 7.89. The molecule has 1 aliphatic carbocycles. The fourth-order valence-corrected chi connectivity index (χ4v) is 4.34. The van der Waals surface area contributed by atoms with Crippen LogP contribution in [0.25, 0.3) is 0 Å². The largest absolute Gasteiger partial charge is 0.477 e. The van der Waals surface area contributed by atoms with Crippen LogP contribution in [-0.4, -0.2) is 37.2 Å². The molecule has 0 aliphatic heterocycles. The van der Waals surface area contributed by atoms with Gasteiger partial charge in [0.1, 0.15) is 4.88 Å². The monoisotopic (exact) mass is 305 g/mol. The fraction of sp³-hybridized carbons (Fsp3) is 0.545. The highest BCUT2D eigenvalue weighted by Crippen LogP contribution is 2.25. The first kappa shape index (κ1) is 14.4. The molecule has 3 N–H and O–H groups in total. The Morgan fingerprint density at radius 1 is 1.47 bits per heavy atom. The molecule has 8 heteroatoms. The van der Waals surface area contributed by atoms with Crippen molar-refractivity contribution in [3.63, 3.8) is 0 Å². The van der Waals surface area contributed by atoms with E-state index >= 15 is 0 Å². The number of thiophene rings is 1. The third-order valence-electron chi connectivity index (χ3n) is 3.17. The van der Waals surface area contributed by atoms with Gasteiger partial charge in [0.05, 0.1) is 11.0 Å². The van der Waals surface area contributed by atoms with Crippen LogP contribution in [0.5, 0.6) is 0 Å². The molecule has 19 heavy (non-hydrogen) atoms. The summed E-state index contributed by atoms with van der Waals surface area (Å²) in [5.41, 5.74) is 0. The molecule has 0 saturated heterocycles. The molecule has 106 valence electrons. The van der Waals surface area contributed by atoms with Gasteiger partial charge in [0.15, 0.2) is 0 Å². The molecule has 1 fully saturated rings. The van der Waals surface area contributed by atoms with E-state index in [2.05, 4.69) is 4.72 Å². The van der Waals surface area contributed by atoms with E-state index in [9.17, 15) is 18.3 Å². The summed E-state index contributed by atoms with van der Waals surface area (Å²) in [7, 11) is -3.66. The Labute approximate surface area is 115 Å². The lowest BCUT2D eigenvalue weighted by molar-refractivity contribution is 0.0702. The van der Waals surface area contributed by atoms with Gasteiger partial charge >= 0.3 is 5.97 Å². The second-order valence-electron chi connectivity index (χ2n) is 4.64. The van der Waals surface area contributed by atoms with Crippen LogP contribution in [0, 0.1) is 5.92 Å². The average molecular weight is 305 g/mol. The van der Waals surface area contributed by atoms with Crippen molar-refractivity contribution in [2.24, 2.45) is 5.92 Å². The SMILES string of the molecule is O=C(O)c1cc(S(=O)(=O)NCC2CCC(O)C2)cs1. The molecule has 0 aromatic carbocycles. The predicted molar refractivity (Wildman–Crippen MR) is 69.8 cm³/mol. The van der Waals surface area contributed by atoms with Crippen LogP contribution >= 0.6 is 11.3 Å². The molecule has 6 nitrogen and oxygen atoms in total. The van der Waals surface area contributed by atoms with E-state index in [0.717, 1.165) is 23.8 Å². The number of hydrogen-bond donors (Lipinski definition) is 3. The van der Waals surface area contributed by atoms with E-state index < -0.39 is 16.0 Å². The summed E-state index contributed by atoms with van der Waals surface area (Å²) in [6, 6.07) is 1.15. The number of nitrogens with one attached hydrogen (secondary N) is 1. The summed E-state index contributed by atoms with van der Waals surface area (Å²) in [6.45, 7) is 0.275. The van der Waals surface area contributed by atoms with Gasteiger partial charge in [-0.15, -0.1) is 11.3 Å². The van der Waals surface area contributed by atoms with Gasteiger partial charge in [-0.3, -0.25) is 0 Å². The number of aliphatic hydroxyl groups excluding tert-OH is 1. The third-order valence-corrected chi connectivity index (χ3v) is 5.64. The minimum absolute atomic E-state index is 0.00309. The van der Waals surface area contributed by atoms with Crippen LogP contribution in [0.3, 0.4) is 0 Å². The normalized spacial score (nSPS) is 23.6. The van der Waals surface area contributed by atoms with Gasteiger partial charge < -0.3 is 10.2 Å². The molecule has 1 heterocycles. The second-order valence-corrected chi connectivity index (χ2v) is 7.31. The second kappa shape index (κ2) is 5.58. The summed E-state index contributed by atoms with van der Waals surface area (Å²) >= 11 is 0.884. The standard InChI is InChI=1S/C11H15NO5S2/c13-8-2-1-7(3-8)5-12-19(16,17)9-4-10(11(14)15)18-6-9/h4,6-8,12-13H,1-3,5H2,(H,14,15). The van der Waals surface area contributed by atoms with Crippen molar-refractivity contribution in [2.45, 2.75) is 30.3 Å². The van der Waals surface area contributed by atoms with Gasteiger partial charge in [0.2, 0.25) is 10.0 Å². The van der Waals surface area contributed by atoms with E-state index in [1.54, 1.807) is 0 Å². The highest BCUT2D eigenvalue weighted by Gasteiger charge is 2.25. The number of carboxylic acid groups (broad SMARTS) is 1. The quantitative estimate of drug-likeness (QED) is 0.749. The summed E-state index contributed by atoms with van der Waals surface area (Å²) in [4.78, 5) is 10.7. The maximum Gasteiger partial charge on any atom is 0.345 e. The van der Waals surface area contributed by atoms with Crippen molar-refractivity contribution in [1.29, 1.82) is 0 Å². The van der Waals surface area contributed by atoms with Crippen LogP contribution in [0.1, 0.15) is 28.9 Å². The summed E-state index contributed by atoms with van der Waals surface area (Å²) in [5, 5.41) is 19.4. The van der Waals surface area contributed by atoms with E-state index in [-0.39, 0.29) is 28.3 Å². The molecule has 1 saturated carbocycles. The topological polar surface area (TPSA) is 104 Å².